The summed E-state index contributed by atoms with van der Waals surface area (Å²) in [5.41, 5.74) is 5.82. The molecule has 4 nitrogen and oxygen atoms in total. The predicted octanol–water partition coefficient (Wildman–Crippen LogP) is 6.48. The maximum atomic E-state index is 10.8. The largest absolute Gasteiger partial charge is 0.478 e. The van der Waals surface area contributed by atoms with Gasteiger partial charge in [-0.25, -0.2) is 14.8 Å². The van der Waals surface area contributed by atoms with Gasteiger partial charge in [-0.1, -0.05) is 45.9 Å². The Morgan fingerprint density at radius 3 is 2.00 bits per heavy atom. The maximum Gasteiger partial charge on any atom is 0.328 e. The molecule has 0 saturated heterocycles. The van der Waals surface area contributed by atoms with Crippen molar-refractivity contribution < 1.29 is 9.90 Å². The zero-order chi connectivity index (χ0) is 20.7. The molecule has 1 heterocycles. The molecule has 0 amide bonds. The summed E-state index contributed by atoms with van der Waals surface area (Å²) in [6.45, 7) is 10.6. The number of rotatable bonds is 9. The van der Waals surface area contributed by atoms with Gasteiger partial charge in [-0.05, 0) is 55.9 Å². The Labute approximate surface area is 168 Å². The van der Waals surface area contributed by atoms with Gasteiger partial charge >= 0.3 is 5.97 Å². The molecule has 1 aromatic heterocycles. The van der Waals surface area contributed by atoms with Gasteiger partial charge in [0.1, 0.15) is 0 Å². The minimum atomic E-state index is -0.935. The van der Waals surface area contributed by atoms with Crippen molar-refractivity contribution >= 4 is 23.1 Å². The van der Waals surface area contributed by atoms with Crippen LogP contribution in [0.4, 0.5) is 0 Å². The number of aromatic nitrogens is 2. The molecule has 4 heteroatoms. The van der Waals surface area contributed by atoms with Gasteiger partial charge in [0.2, 0.25) is 0 Å². The fraction of sp³-hybridized carbons (Fsp3) is 0.458. The van der Waals surface area contributed by atoms with E-state index < -0.39 is 5.97 Å². The quantitative estimate of drug-likeness (QED) is 0.399. The predicted molar refractivity (Wildman–Crippen MR) is 117 cm³/mol. The molecule has 0 spiro atoms. The fourth-order valence-corrected chi connectivity index (χ4v) is 3.62. The van der Waals surface area contributed by atoms with Gasteiger partial charge in [-0.15, -0.1) is 0 Å². The number of nitrogens with zero attached hydrogens (tertiary/aromatic N) is 2. The summed E-state index contributed by atoms with van der Waals surface area (Å²) in [6, 6.07) is 6.06. The summed E-state index contributed by atoms with van der Waals surface area (Å²) in [5, 5.41) is 8.83. The van der Waals surface area contributed by atoms with Crippen molar-refractivity contribution in [1.29, 1.82) is 0 Å². The molecule has 0 saturated carbocycles. The molecule has 28 heavy (non-hydrogen) atoms. The number of carboxylic acid groups (broad SMARTS) is 1. The van der Waals surface area contributed by atoms with Crippen LogP contribution in [0.25, 0.3) is 17.1 Å². The number of aliphatic carboxylic acids is 1. The molecule has 150 valence electrons. The number of hydrogen-bond donors (Lipinski definition) is 1. The lowest BCUT2D eigenvalue weighted by Crippen LogP contribution is -2.11. The van der Waals surface area contributed by atoms with E-state index in [9.17, 15) is 4.79 Å². The molecule has 2 aromatic rings. The number of benzene rings is 1. The lowest BCUT2D eigenvalue weighted by molar-refractivity contribution is -0.131. The van der Waals surface area contributed by atoms with Crippen LogP contribution >= 0.6 is 0 Å². The molecular weight excluding hydrogens is 348 g/mol. The number of carboxylic acids is 1. The third-order valence-corrected chi connectivity index (χ3v) is 5.38. The maximum absolute atomic E-state index is 10.8. The highest BCUT2D eigenvalue weighted by molar-refractivity contribution is 5.82. The van der Waals surface area contributed by atoms with Crippen LogP contribution < -0.4 is 0 Å². The van der Waals surface area contributed by atoms with Crippen molar-refractivity contribution in [2.24, 2.45) is 0 Å². The van der Waals surface area contributed by atoms with Crippen LogP contribution in [0, 0.1) is 0 Å². The van der Waals surface area contributed by atoms with Crippen LogP contribution in [-0.4, -0.2) is 21.0 Å². The molecule has 1 N–H and O–H groups in total. The zero-order valence-electron chi connectivity index (χ0n) is 17.7. The fourth-order valence-electron chi connectivity index (χ4n) is 3.62. The normalized spacial score (nSPS) is 12.6. The second kappa shape index (κ2) is 10.2. The van der Waals surface area contributed by atoms with Gasteiger partial charge in [0, 0.05) is 17.9 Å². The van der Waals surface area contributed by atoms with E-state index in [1.807, 2.05) is 30.4 Å². The van der Waals surface area contributed by atoms with Gasteiger partial charge in [-0.3, -0.25) is 0 Å². The van der Waals surface area contributed by atoms with E-state index in [1.165, 1.54) is 6.08 Å². The molecule has 2 rings (SSSR count). The van der Waals surface area contributed by atoms with E-state index in [0.717, 1.165) is 53.7 Å². The number of hydrogen-bond acceptors (Lipinski definition) is 3. The monoisotopic (exact) mass is 380 g/mol. The molecule has 0 radical (unpaired) electrons. The highest BCUT2D eigenvalue weighted by atomic mass is 16.4. The first kappa shape index (κ1) is 21.8. The van der Waals surface area contributed by atoms with E-state index in [2.05, 4.69) is 27.7 Å². The molecular formula is C24H32N2O2. The highest BCUT2D eigenvalue weighted by Crippen LogP contribution is 2.33. The lowest BCUT2D eigenvalue weighted by Gasteiger charge is -2.21. The summed E-state index contributed by atoms with van der Waals surface area (Å²) in [5.74, 6) is -0.0707. The third kappa shape index (κ3) is 5.28. The van der Waals surface area contributed by atoms with Crippen molar-refractivity contribution in [3.05, 3.63) is 52.9 Å². The molecule has 1 aromatic carbocycles. The molecule has 0 aliphatic rings. The van der Waals surface area contributed by atoms with Crippen molar-refractivity contribution in [3.8, 4) is 0 Å². The molecule has 0 bridgehead atoms. The minimum Gasteiger partial charge on any atom is -0.478 e. The van der Waals surface area contributed by atoms with E-state index in [0.29, 0.717) is 17.4 Å². The Balaban J connectivity index is 2.53. The van der Waals surface area contributed by atoms with E-state index in [-0.39, 0.29) is 0 Å². The minimum absolute atomic E-state index is 0.424. The van der Waals surface area contributed by atoms with Crippen molar-refractivity contribution in [2.45, 2.75) is 72.1 Å². The zero-order valence-corrected chi connectivity index (χ0v) is 17.7. The summed E-state index contributed by atoms with van der Waals surface area (Å²) in [6.07, 6.45) is 9.18. The summed E-state index contributed by atoms with van der Waals surface area (Å²) >= 11 is 0. The molecule has 0 atom stereocenters. The SMILES string of the molecule is CCC(CC)c1nc2ccc(/C=C/C(C)=C/C(=O)O)cc2nc1C(CC)CC. The second-order valence-corrected chi connectivity index (χ2v) is 7.33. The molecule has 0 aliphatic carbocycles. The second-order valence-electron chi connectivity index (χ2n) is 7.33. The van der Waals surface area contributed by atoms with Crippen molar-refractivity contribution in [1.82, 2.24) is 9.97 Å². The first-order valence-electron chi connectivity index (χ1n) is 10.3. The van der Waals surface area contributed by atoms with Crippen LogP contribution in [-0.2, 0) is 4.79 Å². The van der Waals surface area contributed by atoms with Crippen molar-refractivity contribution in [2.75, 3.05) is 0 Å². The van der Waals surface area contributed by atoms with E-state index in [4.69, 9.17) is 15.1 Å². The van der Waals surface area contributed by atoms with E-state index >= 15 is 0 Å². The number of fused-ring (bicyclic) bond motifs is 1. The van der Waals surface area contributed by atoms with Crippen LogP contribution in [0.15, 0.2) is 35.9 Å². The average molecular weight is 381 g/mol. The van der Waals surface area contributed by atoms with Gasteiger partial charge in [0.05, 0.1) is 22.4 Å². The van der Waals surface area contributed by atoms with Crippen LogP contribution in [0.2, 0.25) is 0 Å². The van der Waals surface area contributed by atoms with Gasteiger partial charge in [0.15, 0.2) is 0 Å². The topological polar surface area (TPSA) is 63.1 Å². The Kier molecular flexibility index (Phi) is 7.91. The van der Waals surface area contributed by atoms with Crippen molar-refractivity contribution in [3.63, 3.8) is 0 Å². The Hall–Kier alpha value is -2.49. The van der Waals surface area contributed by atoms with Crippen LogP contribution in [0.5, 0.6) is 0 Å². The first-order chi connectivity index (χ1) is 13.4. The number of carbonyl (C=O) groups is 1. The Morgan fingerprint density at radius 1 is 0.964 bits per heavy atom. The average Bonchev–Trinajstić information content (AvgIpc) is 2.67. The smallest absolute Gasteiger partial charge is 0.328 e. The first-order valence-corrected chi connectivity index (χ1v) is 10.3. The standard InChI is InChI=1S/C24H32N2O2/c1-6-18(7-2)23-24(19(8-3)9-4)26-21-15-17(12-13-20(21)25-23)11-10-16(5)14-22(27)28/h10-15,18-19H,6-9H2,1-5H3,(H,27,28)/b11-10+,16-14+. The van der Waals surface area contributed by atoms with Crippen LogP contribution in [0.3, 0.4) is 0 Å². The summed E-state index contributed by atoms with van der Waals surface area (Å²) in [4.78, 5) is 20.9. The third-order valence-electron chi connectivity index (χ3n) is 5.38. The van der Waals surface area contributed by atoms with E-state index in [1.54, 1.807) is 6.92 Å². The summed E-state index contributed by atoms with van der Waals surface area (Å²) in [7, 11) is 0. The highest BCUT2D eigenvalue weighted by Gasteiger charge is 2.21. The van der Waals surface area contributed by atoms with Crippen LogP contribution in [0.1, 0.15) is 89.1 Å². The number of allylic oxidation sites excluding steroid dienone is 2. The van der Waals surface area contributed by atoms with Gasteiger partial charge in [0.25, 0.3) is 0 Å². The lowest BCUT2D eigenvalue weighted by atomic mass is 9.89. The Morgan fingerprint density at radius 2 is 1.50 bits per heavy atom. The molecule has 0 fully saturated rings. The van der Waals surface area contributed by atoms with Gasteiger partial charge in [-0.2, -0.15) is 0 Å². The van der Waals surface area contributed by atoms with Gasteiger partial charge < -0.3 is 5.11 Å². The molecule has 0 unspecified atom stereocenters. The Bertz CT molecular complexity index is 876. The molecule has 0 aliphatic heterocycles. The summed E-state index contributed by atoms with van der Waals surface area (Å²) < 4.78 is 0.